The molecule has 0 fully saturated rings. The fraction of sp³-hybridized carbons (Fsp3) is 0.182. The maximum atomic E-state index is 13.2. The van der Waals surface area contributed by atoms with Crippen LogP contribution < -0.4 is 9.62 Å². The molecule has 0 saturated heterocycles. The van der Waals surface area contributed by atoms with Crippen LogP contribution in [0, 0.1) is 0 Å². The fourth-order valence-electron chi connectivity index (χ4n) is 3.26. The minimum atomic E-state index is -4.05. The number of nitrogens with zero attached hydrogens (tertiary/aromatic N) is 1. The van der Waals surface area contributed by atoms with Gasteiger partial charge in [0, 0.05) is 30.6 Å². The van der Waals surface area contributed by atoms with E-state index in [4.69, 9.17) is 9.47 Å². The first kappa shape index (κ1) is 22.1. The Morgan fingerprint density at radius 1 is 0.839 bits per heavy atom. The first-order chi connectivity index (χ1) is 14.7. The Morgan fingerprint density at radius 3 is 1.94 bits per heavy atom. The minimum absolute atomic E-state index is 0.0101. The minimum Gasteiger partial charge on any atom is -0.465 e. The van der Waals surface area contributed by atoms with Crippen molar-refractivity contribution >= 4 is 44.1 Å². The average Bonchev–Trinajstić information content (AvgIpc) is 2.76. The second kappa shape index (κ2) is 8.65. The van der Waals surface area contributed by atoms with Crippen molar-refractivity contribution in [2.45, 2.75) is 4.90 Å². The van der Waals surface area contributed by atoms with Crippen LogP contribution in [-0.4, -0.2) is 48.7 Å². The van der Waals surface area contributed by atoms with Crippen molar-refractivity contribution in [3.8, 4) is 0 Å². The Balaban J connectivity index is 2.12. The van der Waals surface area contributed by atoms with Gasteiger partial charge in [0.25, 0.3) is 10.0 Å². The lowest BCUT2D eigenvalue weighted by Crippen LogP contribution is -2.16. The summed E-state index contributed by atoms with van der Waals surface area (Å²) in [4.78, 5) is 25.9. The molecule has 31 heavy (non-hydrogen) atoms. The van der Waals surface area contributed by atoms with E-state index in [1.54, 1.807) is 18.2 Å². The highest BCUT2D eigenvalue weighted by atomic mass is 32.2. The molecule has 0 unspecified atom stereocenters. The molecule has 0 atom stereocenters. The number of nitrogens with one attached hydrogen (secondary N) is 1. The third-order valence-electron chi connectivity index (χ3n) is 4.66. The molecular formula is C22H22N2O6S. The second-order valence-corrected chi connectivity index (χ2v) is 8.56. The summed E-state index contributed by atoms with van der Waals surface area (Å²) >= 11 is 0. The number of fused-ring (bicyclic) bond motifs is 1. The summed E-state index contributed by atoms with van der Waals surface area (Å²) < 4.78 is 38.3. The van der Waals surface area contributed by atoms with Crippen LogP contribution in [-0.2, 0) is 19.5 Å². The van der Waals surface area contributed by atoms with Gasteiger partial charge in [0.15, 0.2) is 0 Å². The van der Waals surface area contributed by atoms with Gasteiger partial charge in [-0.2, -0.15) is 0 Å². The summed E-state index contributed by atoms with van der Waals surface area (Å²) in [6, 6.07) is 14.3. The van der Waals surface area contributed by atoms with Crippen LogP contribution in [0.15, 0.2) is 59.5 Å². The number of methoxy groups -OCH3 is 2. The number of hydrogen-bond donors (Lipinski definition) is 1. The quantitative estimate of drug-likeness (QED) is 0.585. The Labute approximate surface area is 180 Å². The van der Waals surface area contributed by atoms with Crippen LogP contribution in [0.5, 0.6) is 0 Å². The monoisotopic (exact) mass is 442 g/mol. The molecule has 0 amide bonds. The average molecular weight is 442 g/mol. The second-order valence-electron chi connectivity index (χ2n) is 6.91. The molecule has 9 heteroatoms. The van der Waals surface area contributed by atoms with Crippen LogP contribution in [0.3, 0.4) is 0 Å². The Bertz CT molecular complexity index is 1230. The van der Waals surface area contributed by atoms with E-state index in [0.29, 0.717) is 5.39 Å². The van der Waals surface area contributed by atoms with Crippen molar-refractivity contribution in [1.29, 1.82) is 0 Å². The molecule has 3 aromatic carbocycles. The number of sulfonamides is 1. The summed E-state index contributed by atoms with van der Waals surface area (Å²) in [6.07, 6.45) is 0. The van der Waals surface area contributed by atoms with Gasteiger partial charge in [0.2, 0.25) is 0 Å². The van der Waals surface area contributed by atoms with Crippen LogP contribution in [0.2, 0.25) is 0 Å². The smallest absolute Gasteiger partial charge is 0.337 e. The predicted molar refractivity (Wildman–Crippen MR) is 118 cm³/mol. The zero-order chi connectivity index (χ0) is 22.8. The van der Waals surface area contributed by atoms with E-state index >= 15 is 0 Å². The lowest BCUT2D eigenvalue weighted by Gasteiger charge is -2.17. The lowest BCUT2D eigenvalue weighted by molar-refractivity contribution is 0.0599. The van der Waals surface area contributed by atoms with Gasteiger partial charge in [-0.3, -0.25) is 4.72 Å². The lowest BCUT2D eigenvalue weighted by atomic mass is 10.1. The van der Waals surface area contributed by atoms with Gasteiger partial charge >= 0.3 is 11.9 Å². The molecule has 0 aliphatic rings. The summed E-state index contributed by atoms with van der Waals surface area (Å²) in [5.74, 6) is -1.43. The van der Waals surface area contributed by atoms with Crippen molar-refractivity contribution in [3.05, 3.63) is 65.7 Å². The molecule has 0 heterocycles. The summed E-state index contributed by atoms with van der Waals surface area (Å²) in [5, 5.41) is 1.31. The molecule has 1 N–H and O–H groups in total. The van der Waals surface area contributed by atoms with Gasteiger partial charge < -0.3 is 14.4 Å². The molecule has 8 nitrogen and oxygen atoms in total. The first-order valence-electron chi connectivity index (χ1n) is 9.21. The highest BCUT2D eigenvalue weighted by Crippen LogP contribution is 2.31. The van der Waals surface area contributed by atoms with E-state index in [1.807, 2.05) is 31.1 Å². The molecule has 0 aromatic heterocycles. The van der Waals surface area contributed by atoms with Crippen molar-refractivity contribution in [2.75, 3.05) is 37.9 Å². The number of ether oxygens (including phenoxy) is 2. The third kappa shape index (κ3) is 4.46. The maximum Gasteiger partial charge on any atom is 0.337 e. The molecule has 0 bridgehead atoms. The van der Waals surface area contributed by atoms with E-state index in [2.05, 4.69) is 4.72 Å². The van der Waals surface area contributed by atoms with Crippen molar-refractivity contribution < 1.29 is 27.5 Å². The number of carbonyl (C=O) groups is 2. The molecule has 3 aromatic rings. The molecule has 3 rings (SSSR count). The molecule has 162 valence electrons. The molecule has 0 radical (unpaired) electrons. The van der Waals surface area contributed by atoms with Crippen molar-refractivity contribution in [2.24, 2.45) is 0 Å². The Morgan fingerprint density at radius 2 is 1.39 bits per heavy atom. The SMILES string of the molecule is COC(=O)c1cc(NS(=O)(=O)c2cccc3c(N(C)C)cccc23)cc(C(=O)OC)c1. The summed E-state index contributed by atoms with van der Waals surface area (Å²) in [5.41, 5.74) is 0.922. The Hall–Kier alpha value is -3.59. The number of benzene rings is 3. The molecule has 0 spiro atoms. The number of anilines is 2. The number of esters is 2. The van der Waals surface area contributed by atoms with Gasteiger partial charge in [-0.15, -0.1) is 0 Å². The highest BCUT2D eigenvalue weighted by Gasteiger charge is 2.21. The molecule has 0 aliphatic carbocycles. The number of hydrogen-bond acceptors (Lipinski definition) is 7. The Kier molecular flexibility index (Phi) is 6.16. The van der Waals surface area contributed by atoms with Crippen molar-refractivity contribution in [1.82, 2.24) is 0 Å². The van der Waals surface area contributed by atoms with Gasteiger partial charge in [-0.1, -0.05) is 24.3 Å². The highest BCUT2D eigenvalue weighted by molar-refractivity contribution is 7.93. The molecule has 0 aliphatic heterocycles. The molecular weight excluding hydrogens is 420 g/mol. The fourth-order valence-corrected chi connectivity index (χ4v) is 4.52. The van der Waals surface area contributed by atoms with E-state index < -0.39 is 22.0 Å². The standard InChI is InChI=1S/C22H22N2O6S/c1-24(2)19-9-5-8-18-17(19)7-6-10-20(18)31(27,28)23-16-12-14(21(25)29-3)11-15(13-16)22(26)30-4/h5-13,23H,1-4H3. The van der Waals surface area contributed by atoms with Crippen LogP contribution in [0.25, 0.3) is 10.8 Å². The van der Waals surface area contributed by atoms with Crippen LogP contribution in [0.4, 0.5) is 11.4 Å². The van der Waals surface area contributed by atoms with Gasteiger partial charge in [0.05, 0.1) is 35.9 Å². The summed E-state index contributed by atoms with van der Waals surface area (Å²) in [7, 11) is 2.08. The van der Waals surface area contributed by atoms with Gasteiger partial charge in [0.1, 0.15) is 0 Å². The molecule has 0 saturated carbocycles. The normalized spacial score (nSPS) is 11.1. The van der Waals surface area contributed by atoms with E-state index in [9.17, 15) is 18.0 Å². The van der Waals surface area contributed by atoms with E-state index in [-0.39, 0.29) is 21.7 Å². The summed E-state index contributed by atoms with van der Waals surface area (Å²) in [6.45, 7) is 0. The van der Waals surface area contributed by atoms with Crippen LogP contribution in [0.1, 0.15) is 20.7 Å². The zero-order valence-electron chi connectivity index (χ0n) is 17.5. The first-order valence-corrected chi connectivity index (χ1v) is 10.7. The van der Waals surface area contributed by atoms with E-state index in [0.717, 1.165) is 11.1 Å². The topological polar surface area (TPSA) is 102 Å². The zero-order valence-corrected chi connectivity index (χ0v) is 18.3. The number of carbonyl (C=O) groups excluding carboxylic acids is 2. The predicted octanol–water partition coefficient (Wildman–Crippen LogP) is 3.28. The van der Waals surface area contributed by atoms with Crippen LogP contribution >= 0.6 is 0 Å². The van der Waals surface area contributed by atoms with Crippen molar-refractivity contribution in [3.63, 3.8) is 0 Å². The van der Waals surface area contributed by atoms with E-state index in [1.165, 1.54) is 38.5 Å². The third-order valence-corrected chi connectivity index (χ3v) is 6.10. The largest absolute Gasteiger partial charge is 0.465 e. The van der Waals surface area contributed by atoms with Gasteiger partial charge in [-0.05, 0) is 30.3 Å². The van der Waals surface area contributed by atoms with Gasteiger partial charge in [-0.25, -0.2) is 18.0 Å². The maximum absolute atomic E-state index is 13.2. The number of rotatable bonds is 6.